The summed E-state index contributed by atoms with van der Waals surface area (Å²) >= 11 is 1.71. The monoisotopic (exact) mass is 249 g/mol. The summed E-state index contributed by atoms with van der Waals surface area (Å²) in [6, 6.07) is 2.04. The molecule has 0 aromatic carbocycles. The van der Waals surface area contributed by atoms with Crippen molar-refractivity contribution in [3.63, 3.8) is 0 Å². The molecule has 0 saturated carbocycles. The zero-order valence-corrected chi connectivity index (χ0v) is 10.3. The van der Waals surface area contributed by atoms with Crippen LogP contribution < -0.4 is 5.32 Å². The molecule has 1 saturated heterocycles. The second-order valence-corrected chi connectivity index (χ2v) is 5.07. The van der Waals surface area contributed by atoms with Crippen LogP contribution in [-0.4, -0.2) is 35.8 Å². The van der Waals surface area contributed by atoms with Crippen LogP contribution in [0.3, 0.4) is 0 Å². The molecule has 90 valence electrons. The summed E-state index contributed by atoms with van der Waals surface area (Å²) < 4.78 is 5.68. The zero-order chi connectivity index (χ0) is 11.5. The van der Waals surface area contributed by atoms with E-state index in [9.17, 15) is 0 Å². The Balaban J connectivity index is 1.68. The second kappa shape index (κ2) is 5.00. The minimum Gasteiger partial charge on any atom is -0.375 e. The largest absolute Gasteiger partial charge is 0.375 e. The molecular formula is C12H15N3OS. The molecule has 1 aliphatic heterocycles. The van der Waals surface area contributed by atoms with Crippen LogP contribution in [0.2, 0.25) is 0 Å². The first kappa shape index (κ1) is 11.0. The normalized spacial score (nSPS) is 20.6. The van der Waals surface area contributed by atoms with E-state index in [1.807, 2.05) is 18.5 Å². The molecule has 0 radical (unpaired) electrons. The van der Waals surface area contributed by atoms with Gasteiger partial charge in [0.25, 0.3) is 0 Å². The highest BCUT2D eigenvalue weighted by Gasteiger charge is 2.16. The van der Waals surface area contributed by atoms with Gasteiger partial charge in [0.1, 0.15) is 0 Å². The van der Waals surface area contributed by atoms with E-state index >= 15 is 0 Å². The third kappa shape index (κ3) is 2.57. The lowest BCUT2D eigenvalue weighted by Crippen LogP contribution is -2.39. The van der Waals surface area contributed by atoms with Crippen molar-refractivity contribution < 1.29 is 4.74 Å². The van der Waals surface area contributed by atoms with Crippen LogP contribution in [0, 0.1) is 0 Å². The summed E-state index contributed by atoms with van der Waals surface area (Å²) in [5, 5.41) is 6.59. The van der Waals surface area contributed by atoms with Crippen LogP contribution in [0.1, 0.15) is 5.01 Å². The van der Waals surface area contributed by atoms with Crippen molar-refractivity contribution in [1.29, 1.82) is 0 Å². The molecule has 1 aliphatic rings. The lowest BCUT2D eigenvalue weighted by molar-refractivity contribution is 0.0292. The summed E-state index contributed by atoms with van der Waals surface area (Å²) in [6.45, 7) is 2.70. The summed E-state index contributed by atoms with van der Waals surface area (Å²) in [4.78, 5) is 7.69. The average Bonchev–Trinajstić information content (AvgIpc) is 3.00. The molecule has 2 aromatic heterocycles. The molecule has 3 heterocycles. The van der Waals surface area contributed by atoms with Crippen LogP contribution in [0.15, 0.2) is 23.8 Å². The topological polar surface area (TPSA) is 49.9 Å². The Bertz CT molecular complexity index is 460. The highest BCUT2D eigenvalue weighted by Crippen LogP contribution is 2.22. The molecule has 5 heteroatoms. The number of nitrogens with zero attached hydrogens (tertiary/aromatic N) is 1. The Kier molecular flexibility index (Phi) is 3.22. The number of hydrogen-bond donors (Lipinski definition) is 2. The first-order valence-corrected chi connectivity index (χ1v) is 6.69. The number of hydrogen-bond acceptors (Lipinski definition) is 4. The summed E-state index contributed by atoms with van der Waals surface area (Å²) in [7, 11) is 0. The van der Waals surface area contributed by atoms with E-state index in [4.69, 9.17) is 4.74 Å². The maximum atomic E-state index is 5.68. The first-order valence-electron chi connectivity index (χ1n) is 5.82. The molecule has 1 atom stereocenters. The van der Waals surface area contributed by atoms with Crippen LogP contribution in [0.4, 0.5) is 0 Å². The number of aromatic nitrogens is 2. The third-order valence-electron chi connectivity index (χ3n) is 2.85. The molecule has 2 aromatic rings. The van der Waals surface area contributed by atoms with Crippen LogP contribution in [0.5, 0.6) is 0 Å². The van der Waals surface area contributed by atoms with Gasteiger partial charge in [-0.05, 0) is 6.07 Å². The van der Waals surface area contributed by atoms with E-state index in [1.165, 1.54) is 0 Å². The smallest absolute Gasteiger partial charge is 0.0959 e. The number of rotatable bonds is 3. The summed E-state index contributed by atoms with van der Waals surface area (Å²) in [5.74, 6) is 0. The molecule has 4 nitrogen and oxygen atoms in total. The van der Waals surface area contributed by atoms with Gasteiger partial charge in [0.15, 0.2) is 0 Å². The van der Waals surface area contributed by atoms with Crippen molar-refractivity contribution in [3.05, 3.63) is 28.8 Å². The molecule has 0 spiro atoms. The number of H-pyrrole nitrogens is 1. The van der Waals surface area contributed by atoms with Gasteiger partial charge in [-0.15, -0.1) is 11.3 Å². The van der Waals surface area contributed by atoms with Gasteiger partial charge in [-0.3, -0.25) is 0 Å². The van der Waals surface area contributed by atoms with Gasteiger partial charge in [-0.25, -0.2) is 4.98 Å². The van der Waals surface area contributed by atoms with Gasteiger partial charge >= 0.3 is 0 Å². The van der Waals surface area contributed by atoms with E-state index < -0.39 is 0 Å². The van der Waals surface area contributed by atoms with E-state index in [0.29, 0.717) is 0 Å². The van der Waals surface area contributed by atoms with Crippen molar-refractivity contribution in [2.24, 2.45) is 0 Å². The predicted octanol–water partition coefficient (Wildman–Crippen LogP) is 1.67. The minimum atomic E-state index is 0.272. The second-order valence-electron chi connectivity index (χ2n) is 4.13. The van der Waals surface area contributed by atoms with Gasteiger partial charge in [-0.2, -0.15) is 0 Å². The number of nitrogens with one attached hydrogen (secondary N) is 2. The molecule has 17 heavy (non-hydrogen) atoms. The Labute approximate surface area is 104 Å². The average molecular weight is 249 g/mol. The molecule has 2 N–H and O–H groups in total. The lowest BCUT2D eigenvalue weighted by atomic mass is 10.2. The van der Waals surface area contributed by atoms with Crippen molar-refractivity contribution >= 4 is 11.3 Å². The lowest BCUT2D eigenvalue weighted by Gasteiger charge is -2.22. The Morgan fingerprint density at radius 2 is 2.53 bits per heavy atom. The summed E-state index contributed by atoms with van der Waals surface area (Å²) in [5.41, 5.74) is 2.20. The van der Waals surface area contributed by atoms with Gasteiger partial charge in [0, 0.05) is 42.8 Å². The molecule has 0 amide bonds. The predicted molar refractivity (Wildman–Crippen MR) is 68.2 cm³/mol. The summed E-state index contributed by atoms with van der Waals surface area (Å²) in [6.07, 6.45) is 5.07. The van der Waals surface area contributed by atoms with Gasteiger partial charge in [0.05, 0.1) is 23.4 Å². The van der Waals surface area contributed by atoms with Gasteiger partial charge < -0.3 is 15.0 Å². The number of ether oxygens (including phenoxy) is 1. The maximum absolute atomic E-state index is 5.68. The standard InChI is InChI=1S/C12H15N3OS/c1-2-13-6-9(1)11-8-17-12(15-11)5-10-7-14-3-4-16-10/h1-2,6,8,10,13-14H,3-5,7H2. The van der Waals surface area contributed by atoms with Crippen molar-refractivity contribution in [2.75, 3.05) is 19.7 Å². The van der Waals surface area contributed by atoms with Crippen LogP contribution in [-0.2, 0) is 11.2 Å². The fraction of sp³-hybridized carbons (Fsp3) is 0.417. The molecule has 1 unspecified atom stereocenters. The fourth-order valence-corrected chi connectivity index (χ4v) is 2.84. The van der Waals surface area contributed by atoms with E-state index in [2.05, 4.69) is 20.7 Å². The van der Waals surface area contributed by atoms with Gasteiger partial charge in [-0.1, -0.05) is 0 Å². The maximum Gasteiger partial charge on any atom is 0.0959 e. The van der Waals surface area contributed by atoms with Crippen molar-refractivity contribution in [1.82, 2.24) is 15.3 Å². The Morgan fingerprint density at radius 1 is 1.53 bits per heavy atom. The highest BCUT2D eigenvalue weighted by atomic mass is 32.1. The minimum absolute atomic E-state index is 0.272. The van der Waals surface area contributed by atoms with Gasteiger partial charge in [0.2, 0.25) is 0 Å². The van der Waals surface area contributed by atoms with E-state index in [1.54, 1.807) is 11.3 Å². The molecule has 3 rings (SSSR count). The van der Waals surface area contributed by atoms with Crippen molar-refractivity contribution in [3.8, 4) is 11.3 Å². The molecule has 0 bridgehead atoms. The molecule has 1 fully saturated rings. The zero-order valence-electron chi connectivity index (χ0n) is 9.48. The Hall–Kier alpha value is -1.17. The molecule has 0 aliphatic carbocycles. The number of thiazole rings is 1. The molecular weight excluding hydrogens is 234 g/mol. The highest BCUT2D eigenvalue weighted by molar-refractivity contribution is 7.09. The van der Waals surface area contributed by atoms with E-state index in [-0.39, 0.29) is 6.10 Å². The van der Waals surface area contributed by atoms with E-state index in [0.717, 1.165) is 42.4 Å². The third-order valence-corrected chi connectivity index (χ3v) is 3.72. The van der Waals surface area contributed by atoms with Crippen LogP contribution >= 0.6 is 11.3 Å². The Morgan fingerprint density at radius 3 is 3.29 bits per heavy atom. The fourth-order valence-electron chi connectivity index (χ4n) is 1.97. The van der Waals surface area contributed by atoms with Crippen molar-refractivity contribution in [2.45, 2.75) is 12.5 Å². The SMILES string of the molecule is c1cc(-c2csc(CC3CNCCO3)n2)c[nH]1. The van der Waals surface area contributed by atoms with Crippen LogP contribution in [0.25, 0.3) is 11.3 Å². The number of morpholine rings is 1. The number of aromatic amines is 1. The first-order chi connectivity index (χ1) is 8.42. The quantitative estimate of drug-likeness (QED) is 0.870.